The third-order valence-corrected chi connectivity index (χ3v) is 4.05. The van der Waals surface area contributed by atoms with Crippen LogP contribution in [0.5, 0.6) is 0 Å². The Balaban J connectivity index is 2.11. The van der Waals surface area contributed by atoms with Crippen molar-refractivity contribution in [1.29, 1.82) is 0 Å². The highest BCUT2D eigenvalue weighted by atomic mass is 16.7. The Morgan fingerprint density at radius 1 is 1.30 bits per heavy atom. The minimum absolute atomic E-state index is 0.183. The first-order valence-corrected chi connectivity index (χ1v) is 8.66. The number of carbonyl (C=O) groups is 1. The molecule has 1 aromatic carbocycles. The molecular formula is C19H20N4O4. The van der Waals surface area contributed by atoms with Gasteiger partial charge in [-0.3, -0.25) is 4.79 Å². The molecule has 2 aromatic heterocycles. The molecule has 3 rings (SSSR count). The molecule has 0 bridgehead atoms. The molecule has 0 radical (unpaired) electrons. The summed E-state index contributed by atoms with van der Waals surface area (Å²) in [6.45, 7) is 2.63. The number of nitrogens with one attached hydrogen (secondary N) is 1. The van der Waals surface area contributed by atoms with Gasteiger partial charge in [0, 0.05) is 12.7 Å². The van der Waals surface area contributed by atoms with Crippen molar-refractivity contribution in [1.82, 2.24) is 14.7 Å². The van der Waals surface area contributed by atoms with Crippen LogP contribution in [0, 0.1) is 0 Å². The number of hydrogen-bond acceptors (Lipinski definition) is 6. The van der Waals surface area contributed by atoms with Gasteiger partial charge in [0.05, 0.1) is 11.1 Å². The van der Waals surface area contributed by atoms with E-state index < -0.39 is 17.1 Å². The van der Waals surface area contributed by atoms with Gasteiger partial charge in [-0.05, 0) is 12.0 Å². The van der Waals surface area contributed by atoms with Gasteiger partial charge in [0.15, 0.2) is 11.2 Å². The predicted molar refractivity (Wildman–Crippen MR) is 101 cm³/mol. The number of pyridine rings is 1. The Morgan fingerprint density at radius 3 is 2.78 bits per heavy atom. The first-order chi connectivity index (χ1) is 13.1. The van der Waals surface area contributed by atoms with E-state index in [4.69, 9.17) is 4.84 Å². The number of aromatic carboxylic acids is 1. The quantitative estimate of drug-likeness (QED) is 0.588. The highest BCUT2D eigenvalue weighted by Gasteiger charge is 2.23. The summed E-state index contributed by atoms with van der Waals surface area (Å²) >= 11 is 0. The lowest BCUT2D eigenvalue weighted by Gasteiger charge is -2.16. The third-order valence-electron chi connectivity index (χ3n) is 4.05. The molecule has 0 aliphatic heterocycles. The molecule has 8 heteroatoms. The second-order valence-corrected chi connectivity index (χ2v) is 5.94. The Kier molecular flexibility index (Phi) is 5.65. The van der Waals surface area contributed by atoms with Crippen LogP contribution in [0.3, 0.4) is 0 Å². The molecule has 0 saturated carbocycles. The van der Waals surface area contributed by atoms with Crippen molar-refractivity contribution in [3.63, 3.8) is 0 Å². The summed E-state index contributed by atoms with van der Waals surface area (Å²) in [6, 6.07) is 9.47. The summed E-state index contributed by atoms with van der Waals surface area (Å²) in [5, 5.41) is 13.1. The summed E-state index contributed by atoms with van der Waals surface area (Å²) in [6.07, 6.45) is 4.38. The molecule has 0 amide bonds. The second-order valence-electron chi connectivity index (χ2n) is 5.94. The maximum atomic E-state index is 12.8. The zero-order valence-corrected chi connectivity index (χ0v) is 14.9. The number of unbranched alkanes of at least 4 members (excludes halogenated alkanes) is 1. The average molecular weight is 368 g/mol. The maximum absolute atomic E-state index is 12.8. The van der Waals surface area contributed by atoms with Crippen LogP contribution in [-0.2, 0) is 6.54 Å². The molecule has 0 aliphatic carbocycles. The van der Waals surface area contributed by atoms with Crippen LogP contribution in [0.15, 0.2) is 47.7 Å². The Morgan fingerprint density at radius 2 is 2.07 bits per heavy atom. The van der Waals surface area contributed by atoms with E-state index in [1.54, 1.807) is 0 Å². The fraction of sp³-hybridized carbons (Fsp3) is 0.263. The zero-order chi connectivity index (χ0) is 19.2. The van der Waals surface area contributed by atoms with E-state index in [-0.39, 0.29) is 17.9 Å². The largest absolute Gasteiger partial charge is 0.477 e. The molecule has 2 N–H and O–H groups in total. The minimum atomic E-state index is -1.34. The number of fused-ring (bicyclic) bond motifs is 1. The Labute approximate surface area is 155 Å². The predicted octanol–water partition coefficient (Wildman–Crippen LogP) is 2.33. The number of anilines is 1. The first kappa shape index (κ1) is 18.4. The summed E-state index contributed by atoms with van der Waals surface area (Å²) in [5.74, 6) is -1.34. The Hall–Kier alpha value is -3.42. The second kappa shape index (κ2) is 8.31. The van der Waals surface area contributed by atoms with E-state index in [0.29, 0.717) is 11.9 Å². The van der Waals surface area contributed by atoms with Crippen LogP contribution >= 0.6 is 0 Å². The van der Waals surface area contributed by atoms with Crippen molar-refractivity contribution in [2.45, 2.75) is 26.3 Å². The highest BCUT2D eigenvalue weighted by Crippen LogP contribution is 2.24. The van der Waals surface area contributed by atoms with Gasteiger partial charge < -0.3 is 15.3 Å². The fourth-order valence-electron chi connectivity index (χ4n) is 2.69. The van der Waals surface area contributed by atoms with Crippen LogP contribution in [-0.4, -0.2) is 32.4 Å². The molecule has 0 spiro atoms. The molecule has 0 atom stereocenters. The van der Waals surface area contributed by atoms with Crippen molar-refractivity contribution in [3.8, 4) is 0 Å². The smallest absolute Gasteiger partial charge is 0.343 e. The van der Waals surface area contributed by atoms with Crippen LogP contribution < -0.4 is 15.7 Å². The lowest BCUT2D eigenvalue weighted by molar-refractivity contribution is 0.0682. The Bertz CT molecular complexity index is 1000. The van der Waals surface area contributed by atoms with Crippen LogP contribution in [0.25, 0.3) is 11.0 Å². The zero-order valence-electron chi connectivity index (χ0n) is 14.9. The van der Waals surface area contributed by atoms with Gasteiger partial charge in [0.1, 0.15) is 12.9 Å². The lowest BCUT2D eigenvalue weighted by atomic mass is 10.1. The van der Waals surface area contributed by atoms with Gasteiger partial charge >= 0.3 is 11.5 Å². The first-order valence-electron chi connectivity index (χ1n) is 8.66. The van der Waals surface area contributed by atoms with Crippen molar-refractivity contribution >= 4 is 22.7 Å². The van der Waals surface area contributed by atoms with Crippen LogP contribution in [0.1, 0.15) is 35.7 Å². The molecule has 0 saturated heterocycles. The molecule has 0 aliphatic rings. The number of benzene rings is 1. The molecule has 3 aromatic rings. The van der Waals surface area contributed by atoms with Crippen molar-refractivity contribution in [2.24, 2.45) is 0 Å². The van der Waals surface area contributed by atoms with E-state index in [9.17, 15) is 14.7 Å². The normalized spacial score (nSPS) is 10.7. The minimum Gasteiger partial charge on any atom is -0.477 e. The summed E-state index contributed by atoms with van der Waals surface area (Å²) in [4.78, 5) is 38.3. The van der Waals surface area contributed by atoms with E-state index in [1.165, 1.54) is 12.5 Å². The third kappa shape index (κ3) is 3.89. The van der Waals surface area contributed by atoms with E-state index in [2.05, 4.69) is 15.3 Å². The van der Waals surface area contributed by atoms with Crippen molar-refractivity contribution in [3.05, 3.63) is 64.3 Å². The van der Waals surface area contributed by atoms with Gasteiger partial charge in [-0.1, -0.05) is 43.7 Å². The molecule has 27 heavy (non-hydrogen) atoms. The number of carboxylic acid groups (broad SMARTS) is 1. The van der Waals surface area contributed by atoms with Gasteiger partial charge in [-0.15, -0.1) is 4.73 Å². The standard InChI is InChI=1S/C19H20N4O4/c1-2-3-9-27-23-17-14(11-20-12-22-17)16(15(18(23)24)19(25)26)21-10-13-7-5-4-6-8-13/h4-8,11-12,21H,2-3,9-10H2,1H3,(H,25,26). The topological polar surface area (TPSA) is 106 Å². The SMILES string of the molecule is CCCCOn1c(=O)c(C(=O)O)c(NCc2ccccc2)c2cncnc21. The van der Waals surface area contributed by atoms with E-state index in [0.717, 1.165) is 23.1 Å². The number of carboxylic acids is 1. The van der Waals surface area contributed by atoms with E-state index >= 15 is 0 Å². The average Bonchev–Trinajstić information content (AvgIpc) is 2.68. The van der Waals surface area contributed by atoms with E-state index in [1.807, 2.05) is 37.3 Å². The summed E-state index contributed by atoms with van der Waals surface area (Å²) in [5.41, 5.74) is 0.196. The molecular weight excluding hydrogens is 348 g/mol. The number of hydrogen-bond donors (Lipinski definition) is 2. The van der Waals surface area contributed by atoms with Crippen LogP contribution in [0.4, 0.5) is 5.69 Å². The highest BCUT2D eigenvalue weighted by molar-refractivity contribution is 6.03. The van der Waals surface area contributed by atoms with Crippen LogP contribution in [0.2, 0.25) is 0 Å². The monoisotopic (exact) mass is 368 g/mol. The molecule has 140 valence electrons. The number of nitrogens with zero attached hydrogens (tertiary/aromatic N) is 3. The van der Waals surface area contributed by atoms with Crippen molar-refractivity contribution < 1.29 is 14.7 Å². The summed E-state index contributed by atoms with van der Waals surface area (Å²) in [7, 11) is 0. The fourth-order valence-corrected chi connectivity index (χ4v) is 2.69. The number of rotatable bonds is 8. The molecule has 0 fully saturated rings. The lowest BCUT2D eigenvalue weighted by Crippen LogP contribution is -2.33. The summed E-state index contributed by atoms with van der Waals surface area (Å²) < 4.78 is 0.948. The molecule has 8 nitrogen and oxygen atoms in total. The van der Waals surface area contributed by atoms with Crippen molar-refractivity contribution in [2.75, 3.05) is 11.9 Å². The van der Waals surface area contributed by atoms with Gasteiger partial charge in [0.2, 0.25) is 0 Å². The maximum Gasteiger partial charge on any atom is 0.343 e. The van der Waals surface area contributed by atoms with Gasteiger partial charge in [0.25, 0.3) is 0 Å². The number of aromatic nitrogens is 3. The van der Waals surface area contributed by atoms with Gasteiger partial charge in [-0.2, -0.15) is 0 Å². The molecule has 0 unspecified atom stereocenters. The molecule has 2 heterocycles. The van der Waals surface area contributed by atoms with Gasteiger partial charge in [-0.25, -0.2) is 14.8 Å².